The standard InChI is InChI=1S/C19H19O4P/c1-23-16-12-13-19(18(14-16)15-8-4-2-5-9-15)24(20,21,22)17-10-6-3-7-11-17/h2-14,20-22H,1H3. The Morgan fingerprint density at radius 2 is 1.33 bits per heavy atom. The summed E-state index contributed by atoms with van der Waals surface area (Å²) in [5.41, 5.74) is 1.28. The van der Waals surface area contributed by atoms with Gasteiger partial charge in [0, 0.05) is 0 Å². The van der Waals surface area contributed by atoms with Crippen molar-refractivity contribution in [1.82, 2.24) is 0 Å². The molecule has 0 radical (unpaired) electrons. The van der Waals surface area contributed by atoms with Crippen molar-refractivity contribution in [3.05, 3.63) is 78.9 Å². The van der Waals surface area contributed by atoms with Gasteiger partial charge in [-0.15, -0.1) is 0 Å². The van der Waals surface area contributed by atoms with Gasteiger partial charge < -0.3 is 0 Å². The van der Waals surface area contributed by atoms with Gasteiger partial charge in [0.15, 0.2) is 0 Å². The summed E-state index contributed by atoms with van der Waals surface area (Å²) in [5, 5.41) is 0.171. The van der Waals surface area contributed by atoms with Crippen LogP contribution in [-0.4, -0.2) is 21.8 Å². The van der Waals surface area contributed by atoms with Crippen LogP contribution in [0.1, 0.15) is 0 Å². The van der Waals surface area contributed by atoms with Gasteiger partial charge in [-0.05, 0) is 0 Å². The summed E-state index contributed by atoms with van der Waals surface area (Å²) in [7, 11) is -3.73. The summed E-state index contributed by atoms with van der Waals surface area (Å²) < 4.78 is 5.25. The minimum absolute atomic E-state index is 0.0826. The van der Waals surface area contributed by atoms with Gasteiger partial charge in [-0.2, -0.15) is 0 Å². The Kier molecular flexibility index (Phi) is 4.16. The third kappa shape index (κ3) is 2.93. The molecule has 0 amide bonds. The van der Waals surface area contributed by atoms with Gasteiger partial charge >= 0.3 is 140 Å². The summed E-state index contributed by atoms with van der Waals surface area (Å²) in [5.74, 6) is 0.567. The number of hydrogen-bond acceptors (Lipinski definition) is 4. The number of methoxy groups -OCH3 is 1. The second-order valence-corrected chi connectivity index (χ2v) is 8.52. The van der Waals surface area contributed by atoms with Crippen molar-refractivity contribution in [3.8, 4) is 16.9 Å². The Hall–Kier alpha value is -2.23. The molecule has 0 fully saturated rings. The summed E-state index contributed by atoms with van der Waals surface area (Å²) in [4.78, 5) is 32.8. The molecule has 0 unspecified atom stereocenters. The van der Waals surface area contributed by atoms with Gasteiger partial charge in [-0.25, -0.2) is 0 Å². The van der Waals surface area contributed by atoms with E-state index in [9.17, 15) is 14.7 Å². The van der Waals surface area contributed by atoms with Crippen molar-refractivity contribution >= 4 is 17.9 Å². The molecule has 0 bridgehead atoms. The van der Waals surface area contributed by atoms with Gasteiger partial charge in [0.1, 0.15) is 0 Å². The molecule has 3 N–H and O–H groups in total. The van der Waals surface area contributed by atoms with E-state index in [1.54, 1.807) is 30.3 Å². The van der Waals surface area contributed by atoms with Crippen LogP contribution in [0.3, 0.4) is 0 Å². The van der Waals surface area contributed by atoms with E-state index in [0.29, 0.717) is 11.3 Å². The van der Waals surface area contributed by atoms with Crippen LogP contribution in [0.2, 0.25) is 0 Å². The van der Waals surface area contributed by atoms with Crippen molar-refractivity contribution in [1.29, 1.82) is 0 Å². The van der Waals surface area contributed by atoms with E-state index in [2.05, 4.69) is 0 Å². The van der Waals surface area contributed by atoms with Crippen molar-refractivity contribution in [2.45, 2.75) is 0 Å². The molecule has 5 heteroatoms. The van der Waals surface area contributed by atoms with Gasteiger partial charge in [0.05, 0.1) is 0 Å². The predicted molar refractivity (Wildman–Crippen MR) is 97.7 cm³/mol. The van der Waals surface area contributed by atoms with Gasteiger partial charge in [0.25, 0.3) is 0 Å². The summed E-state index contributed by atoms with van der Waals surface area (Å²) in [6, 6.07) is 22.2. The molecule has 0 spiro atoms. The van der Waals surface area contributed by atoms with Gasteiger partial charge in [0.2, 0.25) is 0 Å². The van der Waals surface area contributed by atoms with Crippen molar-refractivity contribution in [2.24, 2.45) is 0 Å². The zero-order valence-corrected chi connectivity index (χ0v) is 14.1. The monoisotopic (exact) mass is 342 g/mol. The fourth-order valence-electron chi connectivity index (χ4n) is 2.69. The molecule has 0 atom stereocenters. The molecule has 3 aromatic rings. The normalized spacial score (nSPS) is 13.1. The van der Waals surface area contributed by atoms with Gasteiger partial charge in [-0.3, -0.25) is 0 Å². The number of rotatable bonds is 4. The quantitative estimate of drug-likeness (QED) is 0.638. The Morgan fingerprint density at radius 3 is 1.92 bits per heavy atom. The van der Waals surface area contributed by atoms with E-state index in [-0.39, 0.29) is 10.6 Å². The average Bonchev–Trinajstić information content (AvgIpc) is 2.62. The van der Waals surface area contributed by atoms with Crippen LogP contribution in [0, 0.1) is 0 Å². The van der Waals surface area contributed by atoms with E-state index in [4.69, 9.17) is 4.74 Å². The average molecular weight is 342 g/mol. The molecular weight excluding hydrogens is 323 g/mol. The SMILES string of the molecule is COc1ccc(P(O)(O)(O)c2ccccc2)c(-c2ccccc2)c1. The first-order valence-electron chi connectivity index (χ1n) is 7.47. The second-order valence-electron chi connectivity index (χ2n) is 5.56. The number of hydrogen-bond donors (Lipinski definition) is 3. The molecular formula is C19H19O4P. The number of ether oxygens (including phenoxy) is 1. The predicted octanol–water partition coefficient (Wildman–Crippen LogP) is 2.59. The van der Waals surface area contributed by atoms with Crippen LogP contribution in [0.5, 0.6) is 5.75 Å². The second kappa shape index (κ2) is 6.00. The molecule has 3 aromatic carbocycles. The minimum atomic E-state index is -5.27. The fourth-order valence-corrected chi connectivity index (χ4v) is 4.68. The molecule has 0 saturated carbocycles. The Balaban J connectivity index is 2.28. The van der Waals surface area contributed by atoms with Crippen LogP contribution in [0.15, 0.2) is 78.9 Å². The molecule has 4 nitrogen and oxygen atoms in total. The first kappa shape index (κ1) is 16.6. The van der Waals surface area contributed by atoms with Crippen LogP contribution >= 0.6 is 7.28 Å². The molecule has 0 aromatic heterocycles. The molecule has 3 rings (SSSR count). The Labute approximate surface area is 140 Å². The Morgan fingerprint density at radius 1 is 0.750 bits per heavy atom. The van der Waals surface area contributed by atoms with E-state index in [1.165, 1.54) is 25.3 Å². The third-order valence-electron chi connectivity index (χ3n) is 3.96. The maximum absolute atomic E-state index is 10.9. The van der Waals surface area contributed by atoms with E-state index < -0.39 is 7.28 Å². The van der Waals surface area contributed by atoms with E-state index >= 15 is 0 Å². The van der Waals surface area contributed by atoms with Gasteiger partial charge in [-0.1, -0.05) is 0 Å². The molecule has 0 aliphatic heterocycles. The van der Waals surface area contributed by atoms with Crippen molar-refractivity contribution in [3.63, 3.8) is 0 Å². The van der Waals surface area contributed by atoms with Crippen LogP contribution in [0.25, 0.3) is 11.1 Å². The molecule has 124 valence electrons. The van der Waals surface area contributed by atoms with E-state index in [0.717, 1.165) is 5.56 Å². The van der Waals surface area contributed by atoms with E-state index in [1.807, 2.05) is 30.3 Å². The van der Waals surface area contributed by atoms with Crippen LogP contribution in [0.4, 0.5) is 0 Å². The molecule has 0 saturated heterocycles. The Bertz CT molecular complexity index is 839. The number of benzene rings is 3. The topological polar surface area (TPSA) is 69.9 Å². The summed E-state index contributed by atoms with van der Waals surface area (Å²) in [6.07, 6.45) is 0. The fraction of sp³-hybridized carbons (Fsp3) is 0.0526. The summed E-state index contributed by atoms with van der Waals surface area (Å²) >= 11 is 0. The zero-order chi connectivity index (χ0) is 17.2. The molecule has 0 aliphatic carbocycles. The third-order valence-corrected chi connectivity index (χ3v) is 6.49. The molecule has 0 heterocycles. The van der Waals surface area contributed by atoms with Crippen LogP contribution in [-0.2, 0) is 0 Å². The molecule has 0 aliphatic rings. The molecule has 24 heavy (non-hydrogen) atoms. The van der Waals surface area contributed by atoms with Crippen molar-refractivity contribution in [2.75, 3.05) is 7.11 Å². The van der Waals surface area contributed by atoms with Crippen molar-refractivity contribution < 1.29 is 19.4 Å². The zero-order valence-electron chi connectivity index (χ0n) is 13.2. The first-order valence-corrected chi connectivity index (χ1v) is 9.56. The van der Waals surface area contributed by atoms with Crippen LogP contribution < -0.4 is 15.3 Å². The first-order chi connectivity index (χ1) is 11.4. The summed E-state index contributed by atoms with van der Waals surface area (Å²) in [6.45, 7) is 0. The maximum atomic E-state index is 10.9.